The van der Waals surface area contributed by atoms with Crippen LogP contribution >= 0.6 is 0 Å². The van der Waals surface area contributed by atoms with E-state index in [1.807, 2.05) is 0 Å². The van der Waals surface area contributed by atoms with Crippen molar-refractivity contribution in [3.63, 3.8) is 0 Å². The quantitative estimate of drug-likeness (QED) is 0.392. The molecule has 0 spiro atoms. The van der Waals surface area contributed by atoms with Crippen molar-refractivity contribution in [1.29, 1.82) is 0 Å². The first-order chi connectivity index (χ1) is 12.4. The molecule has 0 aromatic rings. The minimum Gasteiger partial charge on any atom is -0.0993 e. The van der Waals surface area contributed by atoms with E-state index in [1.54, 1.807) is 16.7 Å². The number of hydrogen-bond acceptors (Lipinski definition) is 0. The zero-order valence-corrected chi connectivity index (χ0v) is 19.8. The van der Waals surface area contributed by atoms with Gasteiger partial charge in [-0.2, -0.15) is 0 Å². The fourth-order valence-electron chi connectivity index (χ4n) is 4.16. The Morgan fingerprint density at radius 3 is 2.15 bits per heavy atom. The Labute approximate surface area is 170 Å². The van der Waals surface area contributed by atoms with Crippen molar-refractivity contribution in [1.82, 2.24) is 0 Å². The van der Waals surface area contributed by atoms with Gasteiger partial charge in [-0.1, -0.05) is 102 Å². The van der Waals surface area contributed by atoms with Gasteiger partial charge in [0, 0.05) is 0 Å². The summed E-state index contributed by atoms with van der Waals surface area (Å²) in [6.45, 7) is 25.3. The van der Waals surface area contributed by atoms with Crippen molar-refractivity contribution in [3.8, 4) is 0 Å². The minimum absolute atomic E-state index is 0.455. The van der Waals surface area contributed by atoms with Crippen LogP contribution in [0, 0.1) is 29.1 Å². The van der Waals surface area contributed by atoms with Gasteiger partial charge in [0.05, 0.1) is 0 Å². The molecular weight excluding hydrogens is 324 g/mol. The highest BCUT2D eigenvalue weighted by atomic mass is 14.3. The van der Waals surface area contributed by atoms with Crippen LogP contribution in [0.25, 0.3) is 0 Å². The standard InChI is InChI=1S/C27H46/c1-19(13-11-15-26-17-21(3)23(5)22(4)18-26)24(6)25(7)20(2)14-12-16-27(8,9)10/h11,13,15,19-22H,5,12,14,16-18H2,1-4,6-10H3/b13-11+,25-24-/t19?,20-,21+,22+/m0/s1. The summed E-state index contributed by atoms with van der Waals surface area (Å²) < 4.78 is 0. The van der Waals surface area contributed by atoms with Gasteiger partial charge in [-0.3, -0.25) is 0 Å². The highest BCUT2D eigenvalue weighted by molar-refractivity contribution is 5.25. The summed E-state index contributed by atoms with van der Waals surface area (Å²) in [6, 6.07) is 0. The van der Waals surface area contributed by atoms with E-state index in [0.29, 0.717) is 29.1 Å². The first kappa shape index (κ1) is 24.0. The van der Waals surface area contributed by atoms with Gasteiger partial charge in [0.25, 0.3) is 0 Å². The molecule has 0 aromatic heterocycles. The second kappa shape index (κ2) is 10.5. The SMILES string of the molecule is C=C1[C@H](C)CC(=C/C=C/C(C)/C(C)=C(/C)[C@@H](C)CCCC(C)(C)C)C[C@H]1C. The lowest BCUT2D eigenvalue weighted by atomic mass is 9.76. The second-order valence-corrected chi connectivity index (χ2v) is 10.5. The van der Waals surface area contributed by atoms with Crippen LogP contribution < -0.4 is 0 Å². The number of allylic oxidation sites excluding steroid dienone is 7. The maximum Gasteiger partial charge on any atom is -0.00486 e. The highest BCUT2D eigenvalue weighted by Gasteiger charge is 2.22. The van der Waals surface area contributed by atoms with Crippen LogP contribution in [-0.4, -0.2) is 0 Å². The van der Waals surface area contributed by atoms with Gasteiger partial charge in [-0.15, -0.1) is 0 Å². The molecule has 0 aromatic carbocycles. The van der Waals surface area contributed by atoms with Crippen LogP contribution in [0.1, 0.15) is 94.4 Å². The van der Waals surface area contributed by atoms with E-state index in [1.165, 1.54) is 37.7 Å². The van der Waals surface area contributed by atoms with Crippen molar-refractivity contribution >= 4 is 0 Å². The second-order valence-electron chi connectivity index (χ2n) is 10.5. The zero-order valence-electron chi connectivity index (χ0n) is 19.8. The topological polar surface area (TPSA) is 0 Å². The highest BCUT2D eigenvalue weighted by Crippen LogP contribution is 2.36. The summed E-state index contributed by atoms with van der Waals surface area (Å²) >= 11 is 0. The smallest absolute Gasteiger partial charge is 0.00486 e. The predicted molar refractivity (Wildman–Crippen MR) is 124 cm³/mol. The largest absolute Gasteiger partial charge is 0.0993 e. The van der Waals surface area contributed by atoms with E-state index in [9.17, 15) is 0 Å². The lowest BCUT2D eigenvalue weighted by Gasteiger charge is -2.29. The van der Waals surface area contributed by atoms with Crippen LogP contribution in [0.4, 0.5) is 0 Å². The van der Waals surface area contributed by atoms with Gasteiger partial charge in [-0.05, 0) is 68.6 Å². The van der Waals surface area contributed by atoms with Gasteiger partial charge in [0.2, 0.25) is 0 Å². The maximum absolute atomic E-state index is 4.26. The van der Waals surface area contributed by atoms with Crippen molar-refractivity contribution in [3.05, 3.63) is 47.1 Å². The molecule has 1 aliphatic rings. The first-order valence-corrected chi connectivity index (χ1v) is 11.1. The van der Waals surface area contributed by atoms with E-state index >= 15 is 0 Å². The van der Waals surface area contributed by atoms with Gasteiger partial charge in [-0.25, -0.2) is 0 Å². The summed E-state index contributed by atoms with van der Waals surface area (Å²) in [5.74, 6) is 2.46. The lowest BCUT2D eigenvalue weighted by Crippen LogP contribution is -2.15. The minimum atomic E-state index is 0.455. The molecule has 0 N–H and O–H groups in total. The van der Waals surface area contributed by atoms with Crippen LogP contribution in [0.15, 0.2) is 47.1 Å². The normalized spacial score (nSPS) is 24.8. The molecule has 0 nitrogen and oxygen atoms in total. The van der Waals surface area contributed by atoms with Gasteiger partial charge in [0.15, 0.2) is 0 Å². The van der Waals surface area contributed by atoms with Crippen LogP contribution in [0.5, 0.6) is 0 Å². The molecule has 0 heteroatoms. The summed E-state index contributed by atoms with van der Waals surface area (Å²) in [6.07, 6.45) is 13.4. The summed E-state index contributed by atoms with van der Waals surface area (Å²) in [5.41, 5.74) is 6.60. The molecule has 1 fully saturated rings. The Bertz CT molecular complexity index is 560. The molecule has 0 heterocycles. The summed E-state index contributed by atoms with van der Waals surface area (Å²) in [5, 5.41) is 0. The maximum atomic E-state index is 4.26. The fraction of sp³-hybridized carbons (Fsp3) is 0.704. The molecule has 1 rings (SSSR count). The Kier molecular flexibility index (Phi) is 9.32. The molecule has 0 amide bonds. The molecule has 1 unspecified atom stereocenters. The van der Waals surface area contributed by atoms with E-state index in [4.69, 9.17) is 0 Å². The van der Waals surface area contributed by atoms with Crippen molar-refractivity contribution in [2.45, 2.75) is 94.4 Å². The molecule has 0 saturated heterocycles. The molecule has 0 aliphatic heterocycles. The summed E-state index contributed by atoms with van der Waals surface area (Å²) in [7, 11) is 0. The van der Waals surface area contributed by atoms with Gasteiger partial charge in [0.1, 0.15) is 0 Å². The Morgan fingerprint density at radius 1 is 1.07 bits per heavy atom. The van der Waals surface area contributed by atoms with Crippen molar-refractivity contribution in [2.24, 2.45) is 29.1 Å². The zero-order chi connectivity index (χ0) is 20.8. The Hall–Kier alpha value is -1.04. The third kappa shape index (κ3) is 8.24. The van der Waals surface area contributed by atoms with E-state index in [-0.39, 0.29) is 0 Å². The van der Waals surface area contributed by atoms with Gasteiger partial charge < -0.3 is 0 Å². The van der Waals surface area contributed by atoms with Gasteiger partial charge >= 0.3 is 0 Å². The average Bonchev–Trinajstić information content (AvgIpc) is 2.56. The monoisotopic (exact) mass is 370 g/mol. The third-order valence-corrected chi connectivity index (χ3v) is 6.74. The molecular formula is C27H46. The van der Waals surface area contributed by atoms with E-state index in [2.05, 4.69) is 87.1 Å². The summed E-state index contributed by atoms with van der Waals surface area (Å²) in [4.78, 5) is 0. The molecule has 27 heavy (non-hydrogen) atoms. The number of rotatable bonds is 7. The average molecular weight is 371 g/mol. The van der Waals surface area contributed by atoms with Crippen molar-refractivity contribution in [2.75, 3.05) is 0 Å². The molecule has 4 atom stereocenters. The van der Waals surface area contributed by atoms with Crippen LogP contribution in [-0.2, 0) is 0 Å². The number of hydrogen-bond donors (Lipinski definition) is 0. The molecule has 1 saturated carbocycles. The van der Waals surface area contributed by atoms with E-state index in [0.717, 1.165) is 0 Å². The lowest BCUT2D eigenvalue weighted by molar-refractivity contribution is 0.349. The molecule has 0 bridgehead atoms. The molecule has 154 valence electrons. The van der Waals surface area contributed by atoms with Crippen LogP contribution in [0.2, 0.25) is 0 Å². The predicted octanol–water partition coefficient (Wildman–Crippen LogP) is 8.92. The Balaban J connectivity index is 2.64. The van der Waals surface area contributed by atoms with Crippen molar-refractivity contribution < 1.29 is 0 Å². The third-order valence-electron chi connectivity index (χ3n) is 6.74. The fourth-order valence-corrected chi connectivity index (χ4v) is 4.16. The Morgan fingerprint density at radius 2 is 1.63 bits per heavy atom. The first-order valence-electron chi connectivity index (χ1n) is 11.1. The van der Waals surface area contributed by atoms with Crippen LogP contribution in [0.3, 0.4) is 0 Å². The molecule has 1 aliphatic carbocycles. The molecule has 0 radical (unpaired) electrons. The van der Waals surface area contributed by atoms with E-state index < -0.39 is 0 Å².